The highest BCUT2D eigenvalue weighted by molar-refractivity contribution is 7.16. The van der Waals surface area contributed by atoms with Gasteiger partial charge in [0.2, 0.25) is 0 Å². The van der Waals surface area contributed by atoms with E-state index in [0.29, 0.717) is 0 Å². The van der Waals surface area contributed by atoms with Crippen molar-refractivity contribution in [2.45, 2.75) is 104 Å². The number of unbranched alkanes of at least 4 members (excludes halogenated alkanes) is 10. The molecule has 0 aromatic rings. The van der Waals surface area contributed by atoms with Crippen LogP contribution in [-0.4, -0.2) is 6.16 Å². The highest BCUT2D eigenvalue weighted by atomic mass is 31.0. The quantitative estimate of drug-likeness (QED) is 0.225. The van der Waals surface area contributed by atoms with Gasteiger partial charge >= 0.3 is 0 Å². The molecule has 0 fully saturated rings. The summed E-state index contributed by atoms with van der Waals surface area (Å²) in [4.78, 5) is 0. The van der Waals surface area contributed by atoms with E-state index in [1.54, 1.807) is 0 Å². The molecule has 116 valence electrons. The highest BCUT2D eigenvalue weighted by Crippen LogP contribution is 2.20. The van der Waals surface area contributed by atoms with Gasteiger partial charge in [-0.3, -0.25) is 0 Å². The topological polar surface area (TPSA) is 0 Å². The molecule has 0 aliphatic heterocycles. The van der Waals surface area contributed by atoms with Crippen LogP contribution in [-0.2, 0) is 0 Å². The Morgan fingerprint density at radius 2 is 0.947 bits per heavy atom. The molecule has 0 radical (unpaired) electrons. The minimum atomic E-state index is 0.987. The van der Waals surface area contributed by atoms with Crippen LogP contribution in [0.2, 0.25) is 0 Å². The van der Waals surface area contributed by atoms with Crippen molar-refractivity contribution in [1.29, 1.82) is 0 Å². The van der Waals surface area contributed by atoms with E-state index in [2.05, 4.69) is 23.1 Å². The van der Waals surface area contributed by atoms with Crippen LogP contribution in [0, 0.1) is 5.92 Å². The molecule has 2 atom stereocenters. The summed E-state index contributed by atoms with van der Waals surface area (Å²) in [5, 5.41) is 0. The summed E-state index contributed by atoms with van der Waals surface area (Å²) in [6, 6.07) is 0. The second kappa shape index (κ2) is 16.5. The third-order valence-corrected chi connectivity index (χ3v) is 4.93. The van der Waals surface area contributed by atoms with Crippen LogP contribution in [0.15, 0.2) is 0 Å². The van der Waals surface area contributed by atoms with Crippen LogP contribution < -0.4 is 0 Å². The molecule has 0 spiro atoms. The zero-order valence-corrected chi connectivity index (χ0v) is 14.9. The molecular formula is C18H39P. The monoisotopic (exact) mass is 286 g/mol. The van der Waals surface area contributed by atoms with Gasteiger partial charge < -0.3 is 0 Å². The smallest absolute Gasteiger partial charge is 0.0353 e. The van der Waals surface area contributed by atoms with Gasteiger partial charge in [0.25, 0.3) is 0 Å². The third-order valence-electron chi connectivity index (χ3n) is 4.27. The van der Waals surface area contributed by atoms with Gasteiger partial charge in [-0.25, -0.2) is 0 Å². The molecule has 0 rings (SSSR count). The average Bonchev–Trinajstić information content (AvgIpc) is 2.43. The Kier molecular flexibility index (Phi) is 16.9. The van der Waals surface area contributed by atoms with Gasteiger partial charge in [0.15, 0.2) is 0 Å². The second-order valence-corrected chi connectivity index (χ2v) is 6.69. The Morgan fingerprint density at radius 3 is 1.42 bits per heavy atom. The fraction of sp³-hybridized carbons (Fsp3) is 1.00. The minimum Gasteiger partial charge on any atom is -0.137 e. The lowest BCUT2D eigenvalue weighted by Crippen LogP contribution is -2.02. The van der Waals surface area contributed by atoms with Crippen molar-refractivity contribution in [1.82, 2.24) is 0 Å². The second-order valence-electron chi connectivity index (χ2n) is 6.21. The predicted molar refractivity (Wildman–Crippen MR) is 94.1 cm³/mol. The Labute approximate surface area is 125 Å². The van der Waals surface area contributed by atoms with E-state index in [0.717, 1.165) is 5.92 Å². The maximum Gasteiger partial charge on any atom is -0.0353 e. The van der Waals surface area contributed by atoms with E-state index in [9.17, 15) is 0 Å². The first-order valence-electron chi connectivity index (χ1n) is 9.05. The lowest BCUT2D eigenvalue weighted by atomic mass is 9.96. The van der Waals surface area contributed by atoms with Crippen molar-refractivity contribution in [3.05, 3.63) is 0 Å². The third kappa shape index (κ3) is 14.6. The summed E-state index contributed by atoms with van der Waals surface area (Å²) in [7, 11) is 2.96. The standard InChI is InChI=1S/C18H39P/c1-3-5-7-8-9-10-11-12-14-16-18(17-19)15-13-6-4-2/h18H,3-17,19H2,1-2H3. The van der Waals surface area contributed by atoms with E-state index in [1.807, 2.05) is 0 Å². The Bertz CT molecular complexity index is 156. The summed E-state index contributed by atoms with van der Waals surface area (Å²) in [6.45, 7) is 4.60. The molecule has 0 nitrogen and oxygen atoms in total. The van der Waals surface area contributed by atoms with Crippen LogP contribution in [0.25, 0.3) is 0 Å². The highest BCUT2D eigenvalue weighted by Gasteiger charge is 2.05. The van der Waals surface area contributed by atoms with E-state index in [1.165, 1.54) is 96.1 Å². The van der Waals surface area contributed by atoms with Crippen molar-refractivity contribution in [3.8, 4) is 0 Å². The lowest BCUT2D eigenvalue weighted by Gasteiger charge is -2.14. The fourth-order valence-corrected chi connectivity index (χ4v) is 3.28. The predicted octanol–water partition coefficient (Wildman–Crippen LogP) is 6.98. The molecule has 0 bridgehead atoms. The molecule has 0 heterocycles. The molecule has 0 saturated heterocycles. The van der Waals surface area contributed by atoms with Crippen LogP contribution in [0.3, 0.4) is 0 Å². The molecule has 0 amide bonds. The van der Waals surface area contributed by atoms with Gasteiger partial charge in [-0.2, -0.15) is 0 Å². The zero-order chi connectivity index (χ0) is 14.2. The van der Waals surface area contributed by atoms with Gasteiger partial charge in [-0.15, -0.1) is 9.24 Å². The van der Waals surface area contributed by atoms with Crippen molar-refractivity contribution < 1.29 is 0 Å². The average molecular weight is 286 g/mol. The number of hydrogen-bond donors (Lipinski definition) is 0. The van der Waals surface area contributed by atoms with Crippen LogP contribution in [0.5, 0.6) is 0 Å². The molecule has 0 aliphatic rings. The molecule has 2 unspecified atom stereocenters. The van der Waals surface area contributed by atoms with Gasteiger partial charge in [0, 0.05) is 0 Å². The Hall–Kier alpha value is 0.430. The van der Waals surface area contributed by atoms with Gasteiger partial charge in [0.05, 0.1) is 0 Å². The molecule has 1 heteroatoms. The van der Waals surface area contributed by atoms with Gasteiger partial charge in [-0.1, -0.05) is 104 Å². The minimum absolute atomic E-state index is 0.987. The van der Waals surface area contributed by atoms with E-state index >= 15 is 0 Å². The van der Waals surface area contributed by atoms with Gasteiger partial charge in [-0.05, 0) is 12.1 Å². The number of rotatable bonds is 15. The molecule has 19 heavy (non-hydrogen) atoms. The molecule has 0 N–H and O–H groups in total. The normalized spacial score (nSPS) is 12.8. The SMILES string of the molecule is CCCCCCCCCCCC(CP)CCCCC. The van der Waals surface area contributed by atoms with Crippen LogP contribution in [0.1, 0.15) is 104 Å². The summed E-state index contributed by atoms with van der Waals surface area (Å²) in [5.74, 6) is 0.987. The Morgan fingerprint density at radius 1 is 0.579 bits per heavy atom. The van der Waals surface area contributed by atoms with Crippen molar-refractivity contribution in [2.75, 3.05) is 6.16 Å². The molecule has 0 aliphatic carbocycles. The van der Waals surface area contributed by atoms with E-state index in [4.69, 9.17) is 0 Å². The summed E-state index contributed by atoms with van der Waals surface area (Å²) < 4.78 is 0. The van der Waals surface area contributed by atoms with Crippen molar-refractivity contribution >= 4 is 9.24 Å². The molecule has 0 aromatic heterocycles. The van der Waals surface area contributed by atoms with Crippen LogP contribution >= 0.6 is 9.24 Å². The molecular weight excluding hydrogens is 247 g/mol. The largest absolute Gasteiger partial charge is 0.137 e. The summed E-state index contributed by atoms with van der Waals surface area (Å²) in [5.41, 5.74) is 0. The molecule has 0 aromatic carbocycles. The maximum atomic E-state index is 2.96. The zero-order valence-electron chi connectivity index (χ0n) is 13.8. The van der Waals surface area contributed by atoms with Crippen LogP contribution in [0.4, 0.5) is 0 Å². The summed E-state index contributed by atoms with van der Waals surface area (Å²) >= 11 is 0. The van der Waals surface area contributed by atoms with Crippen molar-refractivity contribution in [2.24, 2.45) is 5.92 Å². The maximum absolute atomic E-state index is 2.96. The van der Waals surface area contributed by atoms with Gasteiger partial charge in [0.1, 0.15) is 0 Å². The molecule has 0 saturated carbocycles. The van der Waals surface area contributed by atoms with Crippen molar-refractivity contribution in [3.63, 3.8) is 0 Å². The summed E-state index contributed by atoms with van der Waals surface area (Å²) in [6.07, 6.45) is 21.6. The first kappa shape index (κ1) is 19.4. The lowest BCUT2D eigenvalue weighted by molar-refractivity contribution is 0.441. The van der Waals surface area contributed by atoms with E-state index in [-0.39, 0.29) is 0 Å². The first-order chi connectivity index (χ1) is 9.35. The fourth-order valence-electron chi connectivity index (χ4n) is 2.81. The number of hydrogen-bond acceptors (Lipinski definition) is 0. The van der Waals surface area contributed by atoms with E-state index < -0.39 is 0 Å². The first-order valence-corrected chi connectivity index (χ1v) is 9.86. The Balaban J connectivity index is 3.21.